The molecule has 0 spiro atoms. The van der Waals surface area contributed by atoms with Gasteiger partial charge in [0, 0.05) is 6.07 Å². The highest BCUT2D eigenvalue weighted by Gasteiger charge is 2.15. The quantitative estimate of drug-likeness (QED) is 0.842. The molecule has 1 aromatic heterocycles. The molecule has 1 aliphatic rings. The van der Waals surface area contributed by atoms with Crippen LogP contribution in [0.5, 0.6) is 0 Å². The molecule has 0 unspecified atom stereocenters. The average Bonchev–Trinajstić information content (AvgIpc) is 2.87. The Morgan fingerprint density at radius 2 is 1.78 bits per heavy atom. The Morgan fingerprint density at radius 1 is 1.06 bits per heavy atom. The van der Waals surface area contributed by atoms with Crippen LogP contribution in [-0.4, -0.2) is 10.2 Å². The molecular weight excluding hydrogens is 222 g/mol. The van der Waals surface area contributed by atoms with E-state index in [2.05, 4.69) is 34.5 Å². The van der Waals surface area contributed by atoms with Crippen LogP contribution < -0.4 is 5.73 Å². The van der Waals surface area contributed by atoms with Crippen LogP contribution in [0.2, 0.25) is 0 Å². The second-order valence-corrected chi connectivity index (χ2v) is 5.16. The largest absolute Gasteiger partial charge is 0.382 e. The molecule has 1 saturated carbocycles. The summed E-state index contributed by atoms with van der Waals surface area (Å²) in [6.45, 7) is 0. The number of hydrogen-bond donors (Lipinski definition) is 2. The van der Waals surface area contributed by atoms with Crippen LogP contribution in [0.25, 0.3) is 11.3 Å². The molecule has 0 saturated heterocycles. The topological polar surface area (TPSA) is 54.7 Å². The molecule has 3 nitrogen and oxygen atoms in total. The predicted octanol–water partition coefficient (Wildman–Crippen LogP) is 3.71. The maximum absolute atomic E-state index is 5.62. The minimum Gasteiger partial charge on any atom is -0.382 e. The number of nitrogens with two attached hydrogens (primary N) is 1. The molecule has 1 heterocycles. The number of hydrogen-bond acceptors (Lipinski definition) is 2. The van der Waals surface area contributed by atoms with Crippen LogP contribution in [-0.2, 0) is 0 Å². The number of nitrogens with one attached hydrogen (secondary N) is 1. The van der Waals surface area contributed by atoms with E-state index < -0.39 is 0 Å². The summed E-state index contributed by atoms with van der Waals surface area (Å²) in [7, 11) is 0. The van der Waals surface area contributed by atoms with Crippen molar-refractivity contribution in [2.45, 2.75) is 38.0 Å². The van der Waals surface area contributed by atoms with Crippen molar-refractivity contribution in [2.24, 2.45) is 0 Å². The van der Waals surface area contributed by atoms with E-state index >= 15 is 0 Å². The van der Waals surface area contributed by atoms with E-state index in [1.165, 1.54) is 37.7 Å². The van der Waals surface area contributed by atoms with Crippen molar-refractivity contribution in [1.29, 1.82) is 0 Å². The first kappa shape index (κ1) is 11.3. The first-order chi connectivity index (χ1) is 8.83. The zero-order valence-electron chi connectivity index (χ0n) is 10.5. The standard InChI is InChI=1S/C15H19N3/c16-15-10-14(17-18-15)13-8-6-12(7-9-13)11-4-2-1-3-5-11/h6-11H,1-5H2,(H3,16,17,18). The van der Waals surface area contributed by atoms with E-state index in [0.717, 1.165) is 17.2 Å². The third kappa shape index (κ3) is 2.26. The van der Waals surface area contributed by atoms with Crippen molar-refractivity contribution < 1.29 is 0 Å². The summed E-state index contributed by atoms with van der Waals surface area (Å²) >= 11 is 0. The highest BCUT2D eigenvalue weighted by Crippen LogP contribution is 2.33. The van der Waals surface area contributed by atoms with E-state index in [-0.39, 0.29) is 0 Å². The normalized spacial score (nSPS) is 16.9. The molecule has 0 bridgehead atoms. The molecule has 0 aliphatic heterocycles. The lowest BCUT2D eigenvalue weighted by Crippen LogP contribution is -2.04. The Bertz CT molecular complexity index is 507. The predicted molar refractivity (Wildman–Crippen MR) is 74.3 cm³/mol. The van der Waals surface area contributed by atoms with E-state index in [1.807, 2.05) is 6.07 Å². The summed E-state index contributed by atoms with van der Waals surface area (Å²) in [5, 5.41) is 6.90. The van der Waals surface area contributed by atoms with Crippen molar-refractivity contribution in [2.75, 3.05) is 5.73 Å². The SMILES string of the molecule is Nc1cc(-c2ccc(C3CCCCC3)cc2)[nH]n1. The summed E-state index contributed by atoms with van der Waals surface area (Å²) < 4.78 is 0. The van der Waals surface area contributed by atoms with Crippen molar-refractivity contribution >= 4 is 5.82 Å². The minimum atomic E-state index is 0.543. The lowest BCUT2D eigenvalue weighted by atomic mass is 9.84. The van der Waals surface area contributed by atoms with E-state index in [0.29, 0.717) is 5.82 Å². The Balaban J connectivity index is 1.80. The van der Waals surface area contributed by atoms with Crippen molar-refractivity contribution in [3.8, 4) is 11.3 Å². The molecule has 3 rings (SSSR count). The van der Waals surface area contributed by atoms with Crippen molar-refractivity contribution in [1.82, 2.24) is 10.2 Å². The van der Waals surface area contributed by atoms with Gasteiger partial charge in [-0.15, -0.1) is 0 Å². The highest BCUT2D eigenvalue weighted by atomic mass is 15.2. The van der Waals surface area contributed by atoms with Gasteiger partial charge in [0.25, 0.3) is 0 Å². The van der Waals surface area contributed by atoms with Gasteiger partial charge in [-0.25, -0.2) is 0 Å². The number of rotatable bonds is 2. The Labute approximate surface area is 107 Å². The number of nitrogens with zero attached hydrogens (tertiary/aromatic N) is 1. The van der Waals surface area contributed by atoms with Gasteiger partial charge in [-0.2, -0.15) is 5.10 Å². The molecule has 18 heavy (non-hydrogen) atoms. The first-order valence-electron chi connectivity index (χ1n) is 6.74. The number of nitrogen functional groups attached to an aromatic ring is 1. The Hall–Kier alpha value is -1.77. The van der Waals surface area contributed by atoms with Crippen molar-refractivity contribution in [3.05, 3.63) is 35.9 Å². The summed E-state index contributed by atoms with van der Waals surface area (Å²) in [4.78, 5) is 0. The summed E-state index contributed by atoms with van der Waals surface area (Å²) in [5.74, 6) is 1.31. The van der Waals surface area contributed by atoms with Crippen LogP contribution >= 0.6 is 0 Å². The zero-order valence-corrected chi connectivity index (χ0v) is 10.5. The zero-order chi connectivity index (χ0) is 12.4. The summed E-state index contributed by atoms with van der Waals surface area (Å²) in [5.41, 5.74) is 9.24. The van der Waals surface area contributed by atoms with Gasteiger partial charge in [-0.1, -0.05) is 43.5 Å². The van der Waals surface area contributed by atoms with Gasteiger partial charge in [0.1, 0.15) is 5.82 Å². The number of H-pyrrole nitrogens is 1. The Kier molecular flexibility index (Phi) is 3.05. The molecule has 1 fully saturated rings. The molecule has 0 radical (unpaired) electrons. The fourth-order valence-electron chi connectivity index (χ4n) is 2.86. The van der Waals surface area contributed by atoms with Crippen LogP contribution in [0.3, 0.4) is 0 Å². The number of aromatic amines is 1. The smallest absolute Gasteiger partial charge is 0.145 e. The van der Waals surface area contributed by atoms with Crippen LogP contribution in [0.4, 0.5) is 5.82 Å². The molecule has 3 heteroatoms. The number of aromatic nitrogens is 2. The maximum atomic E-state index is 5.62. The van der Waals surface area contributed by atoms with E-state index in [4.69, 9.17) is 5.73 Å². The molecule has 2 aromatic rings. The molecule has 0 atom stereocenters. The van der Waals surface area contributed by atoms with Crippen LogP contribution in [0, 0.1) is 0 Å². The fraction of sp³-hybridized carbons (Fsp3) is 0.400. The molecule has 94 valence electrons. The molecule has 1 aliphatic carbocycles. The third-order valence-electron chi connectivity index (χ3n) is 3.90. The van der Waals surface area contributed by atoms with Gasteiger partial charge in [0.05, 0.1) is 5.69 Å². The number of benzene rings is 1. The molecule has 3 N–H and O–H groups in total. The third-order valence-corrected chi connectivity index (χ3v) is 3.90. The molecule has 1 aromatic carbocycles. The monoisotopic (exact) mass is 241 g/mol. The van der Waals surface area contributed by atoms with Crippen LogP contribution in [0.15, 0.2) is 30.3 Å². The second kappa shape index (κ2) is 4.84. The molecule has 0 amide bonds. The van der Waals surface area contributed by atoms with E-state index in [9.17, 15) is 0 Å². The lowest BCUT2D eigenvalue weighted by molar-refractivity contribution is 0.443. The average molecular weight is 241 g/mol. The van der Waals surface area contributed by atoms with Gasteiger partial charge in [-0.3, -0.25) is 5.10 Å². The lowest BCUT2D eigenvalue weighted by Gasteiger charge is -2.22. The molecular formula is C15H19N3. The fourth-order valence-corrected chi connectivity index (χ4v) is 2.86. The van der Waals surface area contributed by atoms with Gasteiger partial charge < -0.3 is 5.73 Å². The van der Waals surface area contributed by atoms with Crippen molar-refractivity contribution in [3.63, 3.8) is 0 Å². The highest BCUT2D eigenvalue weighted by molar-refractivity contribution is 5.62. The summed E-state index contributed by atoms with van der Waals surface area (Å²) in [6.07, 6.45) is 6.85. The van der Waals surface area contributed by atoms with Gasteiger partial charge in [0.15, 0.2) is 0 Å². The first-order valence-corrected chi connectivity index (χ1v) is 6.74. The summed E-state index contributed by atoms with van der Waals surface area (Å²) in [6, 6.07) is 10.7. The van der Waals surface area contributed by atoms with Gasteiger partial charge in [0.2, 0.25) is 0 Å². The second-order valence-electron chi connectivity index (χ2n) is 5.16. The van der Waals surface area contributed by atoms with E-state index in [1.54, 1.807) is 0 Å². The number of anilines is 1. The minimum absolute atomic E-state index is 0.543. The maximum Gasteiger partial charge on any atom is 0.145 e. The van der Waals surface area contributed by atoms with Gasteiger partial charge >= 0.3 is 0 Å². The Morgan fingerprint density at radius 3 is 2.39 bits per heavy atom. The van der Waals surface area contributed by atoms with Gasteiger partial charge in [-0.05, 0) is 29.9 Å². The van der Waals surface area contributed by atoms with Crippen LogP contribution in [0.1, 0.15) is 43.6 Å².